The van der Waals surface area contributed by atoms with E-state index < -0.39 is 5.97 Å². The minimum absolute atomic E-state index is 0.0668. The Bertz CT molecular complexity index is 537. The highest BCUT2D eigenvalue weighted by Gasteiger charge is 2.19. The van der Waals surface area contributed by atoms with Crippen LogP contribution >= 0.6 is 23.4 Å². The summed E-state index contributed by atoms with van der Waals surface area (Å²) in [5, 5.41) is 8.40. The summed E-state index contributed by atoms with van der Waals surface area (Å²) in [5.41, 5.74) is 0. The number of halogens is 1. The Labute approximate surface area is 134 Å². The molecule has 0 aliphatic heterocycles. The Hall–Kier alpha value is -1.70. The van der Waals surface area contributed by atoms with Crippen molar-refractivity contribution in [2.45, 2.75) is 23.2 Å². The molecule has 0 spiro atoms. The van der Waals surface area contributed by atoms with Gasteiger partial charge in [0.05, 0.1) is 11.3 Å². The van der Waals surface area contributed by atoms with Crippen LogP contribution in [0.3, 0.4) is 0 Å². The van der Waals surface area contributed by atoms with Crippen molar-refractivity contribution in [3.05, 3.63) is 54.6 Å². The van der Waals surface area contributed by atoms with Gasteiger partial charge in [0.1, 0.15) is 12.0 Å². The number of alkyl halides is 1. The molecule has 0 N–H and O–H groups in total. The first kappa shape index (κ1) is 17.4. The molecule has 0 bridgehead atoms. The van der Waals surface area contributed by atoms with Crippen molar-refractivity contribution in [3.8, 4) is 6.07 Å². The second-order valence-electron chi connectivity index (χ2n) is 4.10. The van der Waals surface area contributed by atoms with Gasteiger partial charge in [0.25, 0.3) is 0 Å². The third kappa shape index (κ3) is 7.03. The number of carbonyl (C=O) groups is 1. The van der Waals surface area contributed by atoms with Crippen LogP contribution in [0.4, 0.5) is 0 Å². The Kier molecular flexibility index (Phi) is 8.34. The van der Waals surface area contributed by atoms with E-state index in [0.29, 0.717) is 0 Å². The summed E-state index contributed by atoms with van der Waals surface area (Å²) in [7, 11) is 0. The lowest BCUT2D eigenvalue weighted by molar-refractivity contribution is -0.144. The SMILES string of the molecule is C[C@H](OC(=O)CCl)[C@H](/C=C/C=C/C#N)Sc1ccccc1. The lowest BCUT2D eigenvalue weighted by Crippen LogP contribution is -2.25. The molecule has 0 aromatic heterocycles. The maximum absolute atomic E-state index is 11.3. The van der Waals surface area contributed by atoms with E-state index in [1.54, 1.807) is 23.9 Å². The molecule has 0 radical (unpaired) electrons. The number of thioether (sulfide) groups is 1. The molecule has 0 unspecified atom stereocenters. The first-order valence-electron chi connectivity index (χ1n) is 6.37. The first-order valence-corrected chi connectivity index (χ1v) is 7.79. The van der Waals surface area contributed by atoms with Crippen LogP contribution in [0.5, 0.6) is 0 Å². The van der Waals surface area contributed by atoms with Crippen LogP contribution in [0.15, 0.2) is 59.5 Å². The molecule has 110 valence electrons. The number of ether oxygens (including phenoxy) is 1. The molecule has 0 saturated heterocycles. The van der Waals surface area contributed by atoms with E-state index in [2.05, 4.69) is 0 Å². The lowest BCUT2D eigenvalue weighted by Gasteiger charge is -2.20. The Morgan fingerprint density at radius 3 is 2.76 bits per heavy atom. The molecular formula is C16H16ClNO2S. The van der Waals surface area contributed by atoms with Crippen molar-refractivity contribution in [1.29, 1.82) is 5.26 Å². The summed E-state index contributed by atoms with van der Waals surface area (Å²) in [6.07, 6.45) is 6.38. The van der Waals surface area contributed by atoms with E-state index in [0.717, 1.165) is 4.90 Å². The van der Waals surface area contributed by atoms with E-state index in [1.807, 2.05) is 49.4 Å². The molecule has 1 aromatic rings. The number of esters is 1. The zero-order valence-corrected chi connectivity index (χ0v) is 13.2. The van der Waals surface area contributed by atoms with Gasteiger partial charge in [0, 0.05) is 11.0 Å². The van der Waals surface area contributed by atoms with Gasteiger partial charge in [-0.2, -0.15) is 5.26 Å². The van der Waals surface area contributed by atoms with Crippen molar-refractivity contribution in [1.82, 2.24) is 0 Å². The Morgan fingerprint density at radius 2 is 2.14 bits per heavy atom. The lowest BCUT2D eigenvalue weighted by atomic mass is 10.2. The average molecular weight is 322 g/mol. The summed E-state index contributed by atoms with van der Waals surface area (Å²) >= 11 is 7.04. The number of carbonyl (C=O) groups excluding carboxylic acids is 1. The van der Waals surface area contributed by atoms with Gasteiger partial charge < -0.3 is 4.74 Å². The summed E-state index contributed by atoms with van der Waals surface area (Å²) in [4.78, 5) is 12.4. The van der Waals surface area contributed by atoms with E-state index in [-0.39, 0.29) is 17.2 Å². The highest BCUT2D eigenvalue weighted by Crippen LogP contribution is 2.27. The van der Waals surface area contributed by atoms with E-state index in [4.69, 9.17) is 21.6 Å². The van der Waals surface area contributed by atoms with Gasteiger partial charge in [-0.25, -0.2) is 0 Å². The molecule has 0 amide bonds. The van der Waals surface area contributed by atoms with Crippen molar-refractivity contribution < 1.29 is 9.53 Å². The molecule has 0 heterocycles. The quantitative estimate of drug-likeness (QED) is 0.251. The van der Waals surface area contributed by atoms with Gasteiger partial charge in [-0.15, -0.1) is 23.4 Å². The fourth-order valence-electron chi connectivity index (χ4n) is 1.53. The molecule has 0 saturated carbocycles. The maximum atomic E-state index is 11.3. The largest absolute Gasteiger partial charge is 0.460 e. The van der Waals surface area contributed by atoms with Crippen LogP contribution in [0.1, 0.15) is 6.92 Å². The zero-order chi connectivity index (χ0) is 15.5. The Balaban J connectivity index is 2.78. The van der Waals surface area contributed by atoms with Gasteiger partial charge in [0.2, 0.25) is 0 Å². The minimum Gasteiger partial charge on any atom is -0.460 e. The zero-order valence-electron chi connectivity index (χ0n) is 11.6. The average Bonchev–Trinajstić information content (AvgIpc) is 2.51. The molecule has 1 rings (SSSR count). The number of nitrogens with zero attached hydrogens (tertiary/aromatic N) is 1. The normalized spacial score (nSPS) is 14.0. The molecular weight excluding hydrogens is 306 g/mol. The maximum Gasteiger partial charge on any atom is 0.321 e. The molecule has 3 nitrogen and oxygen atoms in total. The number of benzene rings is 1. The molecule has 0 fully saturated rings. The highest BCUT2D eigenvalue weighted by molar-refractivity contribution is 8.00. The van der Waals surface area contributed by atoms with Crippen molar-refractivity contribution >= 4 is 29.3 Å². The summed E-state index contributed by atoms with van der Waals surface area (Å²) in [5.74, 6) is -0.603. The predicted octanol–water partition coefficient (Wildman–Crippen LogP) is 3.95. The fourth-order valence-corrected chi connectivity index (χ4v) is 2.63. The summed E-state index contributed by atoms with van der Waals surface area (Å²) in [6, 6.07) is 11.8. The van der Waals surface area contributed by atoms with Gasteiger partial charge in [-0.3, -0.25) is 4.79 Å². The topological polar surface area (TPSA) is 50.1 Å². The first-order chi connectivity index (χ1) is 10.2. The van der Waals surface area contributed by atoms with Crippen LogP contribution in [-0.4, -0.2) is 23.2 Å². The van der Waals surface area contributed by atoms with Gasteiger partial charge in [-0.05, 0) is 19.1 Å². The third-order valence-corrected chi connectivity index (χ3v) is 4.06. The number of hydrogen-bond donors (Lipinski definition) is 0. The molecule has 0 aliphatic carbocycles. The van der Waals surface area contributed by atoms with Crippen molar-refractivity contribution in [2.75, 3.05) is 5.88 Å². The van der Waals surface area contributed by atoms with Gasteiger partial charge in [-0.1, -0.05) is 36.4 Å². The monoisotopic (exact) mass is 321 g/mol. The van der Waals surface area contributed by atoms with Crippen LogP contribution in [0, 0.1) is 11.3 Å². The second-order valence-corrected chi connectivity index (χ2v) is 5.62. The number of hydrogen-bond acceptors (Lipinski definition) is 4. The number of rotatable bonds is 7. The number of nitriles is 1. The second kappa shape index (κ2) is 10.1. The van der Waals surface area contributed by atoms with E-state index >= 15 is 0 Å². The van der Waals surface area contributed by atoms with Crippen LogP contribution in [0.25, 0.3) is 0 Å². The molecule has 21 heavy (non-hydrogen) atoms. The van der Waals surface area contributed by atoms with Crippen LogP contribution in [-0.2, 0) is 9.53 Å². The minimum atomic E-state index is -0.441. The van der Waals surface area contributed by atoms with E-state index in [1.165, 1.54) is 6.08 Å². The van der Waals surface area contributed by atoms with Crippen LogP contribution < -0.4 is 0 Å². The molecule has 5 heteroatoms. The van der Waals surface area contributed by atoms with Crippen molar-refractivity contribution in [2.24, 2.45) is 0 Å². The molecule has 0 aliphatic rings. The van der Waals surface area contributed by atoms with Gasteiger partial charge in [0.15, 0.2) is 0 Å². The van der Waals surface area contributed by atoms with E-state index in [9.17, 15) is 4.79 Å². The van der Waals surface area contributed by atoms with Crippen molar-refractivity contribution in [3.63, 3.8) is 0 Å². The highest BCUT2D eigenvalue weighted by atomic mass is 35.5. The third-order valence-electron chi connectivity index (χ3n) is 2.49. The van der Waals surface area contributed by atoms with Gasteiger partial charge >= 0.3 is 5.97 Å². The Morgan fingerprint density at radius 1 is 1.43 bits per heavy atom. The smallest absolute Gasteiger partial charge is 0.321 e. The number of allylic oxidation sites excluding steroid dienone is 3. The predicted molar refractivity (Wildman–Crippen MR) is 86.3 cm³/mol. The molecule has 2 atom stereocenters. The summed E-state index contributed by atoms with van der Waals surface area (Å²) in [6.45, 7) is 1.82. The fraction of sp³-hybridized carbons (Fsp3) is 0.250. The summed E-state index contributed by atoms with van der Waals surface area (Å²) < 4.78 is 5.26. The molecule has 1 aromatic carbocycles. The standard InChI is InChI=1S/C16H16ClNO2S/c1-13(20-16(19)12-17)15(10-6-3-7-11-18)21-14-8-4-2-5-9-14/h2-10,13,15H,12H2,1H3/b7-3+,10-6+/t13-,15-/m0/s1. The van der Waals surface area contributed by atoms with Crippen LogP contribution in [0.2, 0.25) is 0 Å².